The third-order valence-electron chi connectivity index (χ3n) is 1.76. The molecule has 0 aliphatic rings. The second kappa shape index (κ2) is 2.70. The molecule has 0 atom stereocenters. The van der Waals surface area contributed by atoms with Gasteiger partial charge in [-0.1, -0.05) is 0 Å². The fraction of sp³-hybridized carbons (Fsp3) is 0.250. The van der Waals surface area contributed by atoms with Crippen molar-refractivity contribution in [2.24, 2.45) is 5.11 Å². The van der Waals surface area contributed by atoms with Gasteiger partial charge < -0.3 is 5.73 Å². The number of rotatable bonds is 1. The molecule has 0 amide bonds. The van der Waals surface area contributed by atoms with E-state index in [1.165, 1.54) is 0 Å². The fourth-order valence-corrected chi connectivity index (χ4v) is 0.920. The van der Waals surface area contributed by atoms with Crippen LogP contribution in [0.15, 0.2) is 17.2 Å². The van der Waals surface area contributed by atoms with Gasteiger partial charge in [0.05, 0.1) is 5.69 Å². The quantitative estimate of drug-likeness (QED) is 0.467. The summed E-state index contributed by atoms with van der Waals surface area (Å²) in [7, 11) is 0. The summed E-state index contributed by atoms with van der Waals surface area (Å²) in [6.45, 7) is 3.96. The van der Waals surface area contributed by atoms with Gasteiger partial charge in [-0.15, -0.1) is 0 Å². The number of nitrogens with zero attached hydrogens (tertiary/aromatic N) is 1. The van der Waals surface area contributed by atoms with Gasteiger partial charge in [-0.3, -0.25) is 0 Å². The van der Waals surface area contributed by atoms with E-state index in [0.717, 1.165) is 11.1 Å². The Hall–Kier alpha value is -1.38. The van der Waals surface area contributed by atoms with E-state index in [4.69, 9.17) is 11.3 Å². The first-order chi connectivity index (χ1) is 5.15. The molecular weight excluding hydrogens is 138 g/mol. The molecule has 3 nitrogen and oxygen atoms in total. The van der Waals surface area contributed by atoms with Crippen molar-refractivity contribution >= 4 is 11.4 Å². The molecule has 0 aliphatic heterocycles. The number of nitrogens with one attached hydrogen (secondary N) is 1. The van der Waals surface area contributed by atoms with E-state index in [1.54, 1.807) is 0 Å². The third-order valence-corrected chi connectivity index (χ3v) is 1.76. The van der Waals surface area contributed by atoms with E-state index in [9.17, 15) is 0 Å². The first kappa shape index (κ1) is 7.72. The van der Waals surface area contributed by atoms with E-state index in [-0.39, 0.29) is 0 Å². The topological polar surface area (TPSA) is 62.2 Å². The average Bonchev–Trinajstić information content (AvgIpc) is 1.97. The molecule has 0 spiro atoms. The summed E-state index contributed by atoms with van der Waals surface area (Å²) in [4.78, 5) is 0. The molecule has 0 aliphatic carbocycles. The van der Waals surface area contributed by atoms with Crippen molar-refractivity contribution in [3.8, 4) is 0 Å². The molecule has 1 aromatic rings. The Bertz CT molecular complexity index is 292. The number of benzene rings is 1. The highest BCUT2D eigenvalue weighted by Gasteiger charge is 1.99. The Morgan fingerprint density at radius 2 is 1.82 bits per heavy atom. The minimum atomic E-state index is 0.549. The molecule has 0 aromatic heterocycles. The van der Waals surface area contributed by atoms with Gasteiger partial charge in [0.25, 0.3) is 0 Å². The van der Waals surface area contributed by atoms with Gasteiger partial charge in [0.15, 0.2) is 0 Å². The van der Waals surface area contributed by atoms with Crippen molar-refractivity contribution in [2.45, 2.75) is 13.8 Å². The number of nitrogen functional groups attached to an aromatic ring is 1. The number of hydrogen-bond donors (Lipinski definition) is 2. The van der Waals surface area contributed by atoms with Gasteiger partial charge in [-0.2, -0.15) is 5.11 Å². The third kappa shape index (κ3) is 1.37. The minimum Gasteiger partial charge on any atom is -0.397 e. The Balaban J connectivity index is 3.31. The van der Waals surface area contributed by atoms with Crippen LogP contribution in [-0.2, 0) is 0 Å². The summed E-state index contributed by atoms with van der Waals surface area (Å²) >= 11 is 0. The number of anilines is 1. The first-order valence-corrected chi connectivity index (χ1v) is 3.39. The zero-order chi connectivity index (χ0) is 8.43. The predicted octanol–water partition coefficient (Wildman–Crippen LogP) is 2.55. The molecule has 1 aromatic carbocycles. The summed E-state index contributed by atoms with van der Waals surface area (Å²) in [5.74, 6) is 0. The van der Waals surface area contributed by atoms with Crippen molar-refractivity contribution in [2.75, 3.05) is 5.73 Å². The zero-order valence-corrected chi connectivity index (χ0v) is 6.68. The molecular formula is C8H11N3. The van der Waals surface area contributed by atoms with E-state index < -0.39 is 0 Å². The minimum absolute atomic E-state index is 0.549. The maximum absolute atomic E-state index is 6.80. The lowest BCUT2D eigenvalue weighted by Gasteiger charge is -2.03. The molecule has 0 fully saturated rings. The van der Waals surface area contributed by atoms with Crippen LogP contribution in [0, 0.1) is 19.4 Å². The molecule has 0 saturated carbocycles. The summed E-state index contributed by atoms with van der Waals surface area (Å²) < 4.78 is 0. The summed E-state index contributed by atoms with van der Waals surface area (Å²) in [6.07, 6.45) is 0. The first-order valence-electron chi connectivity index (χ1n) is 3.39. The second-order valence-electron chi connectivity index (χ2n) is 2.61. The van der Waals surface area contributed by atoms with Crippen LogP contribution >= 0.6 is 0 Å². The van der Waals surface area contributed by atoms with Gasteiger partial charge in [-0.05, 0) is 37.1 Å². The van der Waals surface area contributed by atoms with Gasteiger partial charge in [0.2, 0.25) is 0 Å². The highest BCUT2D eigenvalue weighted by molar-refractivity contribution is 5.64. The molecule has 0 radical (unpaired) electrons. The van der Waals surface area contributed by atoms with Gasteiger partial charge >= 0.3 is 0 Å². The Morgan fingerprint density at radius 1 is 1.27 bits per heavy atom. The highest BCUT2D eigenvalue weighted by Crippen LogP contribution is 2.24. The van der Waals surface area contributed by atoms with Crippen LogP contribution in [0.3, 0.4) is 0 Å². The molecule has 1 rings (SSSR count). The lowest BCUT2D eigenvalue weighted by atomic mass is 10.1. The highest BCUT2D eigenvalue weighted by atomic mass is 15.0. The number of hydrogen-bond acceptors (Lipinski definition) is 3. The lowest BCUT2D eigenvalue weighted by Crippen LogP contribution is -1.88. The molecule has 0 saturated heterocycles. The largest absolute Gasteiger partial charge is 0.397 e. The Morgan fingerprint density at radius 3 is 2.36 bits per heavy atom. The molecule has 11 heavy (non-hydrogen) atoms. The van der Waals surface area contributed by atoms with Crippen molar-refractivity contribution in [1.29, 1.82) is 5.53 Å². The summed E-state index contributed by atoms with van der Waals surface area (Å²) in [5.41, 5.74) is 15.8. The lowest BCUT2D eigenvalue weighted by molar-refractivity contribution is 1.14. The molecule has 3 heteroatoms. The van der Waals surface area contributed by atoms with E-state index >= 15 is 0 Å². The van der Waals surface area contributed by atoms with Gasteiger partial charge in [0, 0.05) is 0 Å². The predicted molar refractivity (Wildman–Crippen MR) is 45.1 cm³/mol. The van der Waals surface area contributed by atoms with Crippen LogP contribution in [0.4, 0.5) is 11.4 Å². The summed E-state index contributed by atoms with van der Waals surface area (Å²) in [5, 5.41) is 3.30. The standard InChI is InChI=1S/C8H11N3/c1-5-3-7(9)8(11-10)4-6(5)2/h3-4,10H,9H2,1-2H3. The molecule has 0 unspecified atom stereocenters. The van der Waals surface area contributed by atoms with E-state index in [1.807, 2.05) is 26.0 Å². The Kier molecular flexibility index (Phi) is 1.89. The van der Waals surface area contributed by atoms with Gasteiger partial charge in [-0.25, -0.2) is 5.53 Å². The molecule has 58 valence electrons. The van der Waals surface area contributed by atoms with Gasteiger partial charge in [0.1, 0.15) is 5.69 Å². The van der Waals surface area contributed by atoms with Crippen molar-refractivity contribution in [3.05, 3.63) is 23.3 Å². The average molecular weight is 149 g/mol. The van der Waals surface area contributed by atoms with Crippen molar-refractivity contribution in [3.63, 3.8) is 0 Å². The van der Waals surface area contributed by atoms with Crippen LogP contribution in [0.25, 0.3) is 0 Å². The van der Waals surface area contributed by atoms with Crippen molar-refractivity contribution in [1.82, 2.24) is 0 Å². The molecule has 0 heterocycles. The Labute approximate surface area is 65.7 Å². The monoisotopic (exact) mass is 149 g/mol. The zero-order valence-electron chi connectivity index (χ0n) is 6.68. The molecule has 0 bridgehead atoms. The maximum atomic E-state index is 6.80. The number of aryl methyl sites for hydroxylation is 2. The maximum Gasteiger partial charge on any atom is 0.108 e. The van der Waals surface area contributed by atoms with Crippen LogP contribution in [0.5, 0.6) is 0 Å². The normalized spacial score (nSPS) is 9.64. The molecule has 3 N–H and O–H groups in total. The number of nitrogens with two attached hydrogens (primary N) is 1. The van der Waals surface area contributed by atoms with Crippen LogP contribution < -0.4 is 5.73 Å². The van der Waals surface area contributed by atoms with Crippen LogP contribution in [-0.4, -0.2) is 0 Å². The van der Waals surface area contributed by atoms with Crippen molar-refractivity contribution < 1.29 is 0 Å². The van der Waals surface area contributed by atoms with Crippen LogP contribution in [0.2, 0.25) is 0 Å². The second-order valence-corrected chi connectivity index (χ2v) is 2.61. The SMILES string of the molecule is Cc1cc(N)c(N=N)cc1C. The smallest absolute Gasteiger partial charge is 0.108 e. The van der Waals surface area contributed by atoms with Crippen LogP contribution in [0.1, 0.15) is 11.1 Å². The van der Waals surface area contributed by atoms with E-state index in [0.29, 0.717) is 11.4 Å². The van der Waals surface area contributed by atoms with E-state index in [2.05, 4.69) is 5.11 Å². The summed E-state index contributed by atoms with van der Waals surface area (Å²) in [6, 6.07) is 3.65. The fourth-order valence-electron chi connectivity index (χ4n) is 0.920.